The van der Waals surface area contributed by atoms with E-state index in [4.69, 9.17) is 4.74 Å². The zero-order valence-corrected chi connectivity index (χ0v) is 23.1. The topological polar surface area (TPSA) is 82.2 Å². The number of para-hydroxylation sites is 1. The maximum Gasteiger partial charge on any atom is 0.250 e. The summed E-state index contributed by atoms with van der Waals surface area (Å²) in [6.07, 6.45) is 0.973. The minimum Gasteiger partial charge on any atom is -0.367 e. The molecule has 2 aliphatic rings. The average Bonchev–Trinajstić information content (AvgIpc) is 3.22. The fourth-order valence-corrected chi connectivity index (χ4v) is 5.56. The van der Waals surface area contributed by atoms with Crippen LogP contribution in [0.1, 0.15) is 29.5 Å². The molecule has 0 aromatic heterocycles. The Kier molecular flexibility index (Phi) is 8.16. The van der Waals surface area contributed by atoms with Crippen molar-refractivity contribution < 1.29 is 19.1 Å². The summed E-state index contributed by atoms with van der Waals surface area (Å²) in [6.45, 7) is 5.59. The van der Waals surface area contributed by atoms with Crippen molar-refractivity contribution in [2.45, 2.75) is 38.8 Å². The molecule has 1 spiro atoms. The molecule has 1 N–H and O–H groups in total. The molecule has 40 heavy (non-hydrogen) atoms. The summed E-state index contributed by atoms with van der Waals surface area (Å²) < 4.78 is 5.67. The summed E-state index contributed by atoms with van der Waals surface area (Å²) in [7, 11) is 0. The summed E-state index contributed by atoms with van der Waals surface area (Å²) in [5, 5.41) is 2.94. The van der Waals surface area contributed by atoms with E-state index in [0.29, 0.717) is 39.2 Å². The molecule has 0 aliphatic carbocycles. The minimum atomic E-state index is -0.802. The van der Waals surface area contributed by atoms with Crippen molar-refractivity contribution in [3.05, 3.63) is 95.6 Å². The molecule has 0 bridgehead atoms. The number of carbonyl (C=O) groups excluding carboxylic acids is 3. The Morgan fingerprint density at radius 2 is 1.57 bits per heavy atom. The number of hydrogen-bond donors (Lipinski definition) is 1. The number of amides is 3. The van der Waals surface area contributed by atoms with Gasteiger partial charge in [0.2, 0.25) is 11.8 Å². The first-order valence-corrected chi connectivity index (χ1v) is 13.7. The standard InChI is InChI=1S/C32H36N4O4/c1-24-13-14-27(19-25(24)2)33-29(37)20-35-23-36(28-11-7-4-8-12-28)32(31(35)39)15-17-34(18-16-32)30(38)22-40-21-26-9-5-3-6-10-26/h3-14,19H,15-18,20-23H2,1-2H3,(H,33,37). The number of carbonyl (C=O) groups is 3. The third-order valence-corrected chi connectivity index (χ3v) is 7.99. The second kappa shape index (κ2) is 11.9. The first kappa shape index (κ1) is 27.4. The number of likely N-dealkylation sites (tertiary alicyclic amines) is 1. The molecule has 2 heterocycles. The van der Waals surface area contributed by atoms with Crippen LogP contribution >= 0.6 is 0 Å². The normalized spacial score (nSPS) is 16.4. The second-order valence-electron chi connectivity index (χ2n) is 10.6. The van der Waals surface area contributed by atoms with E-state index in [0.717, 1.165) is 28.1 Å². The van der Waals surface area contributed by atoms with Gasteiger partial charge in [-0.25, -0.2) is 0 Å². The highest BCUT2D eigenvalue weighted by molar-refractivity contribution is 5.99. The van der Waals surface area contributed by atoms with Gasteiger partial charge in [-0.15, -0.1) is 0 Å². The van der Waals surface area contributed by atoms with Crippen molar-refractivity contribution in [1.29, 1.82) is 0 Å². The summed E-state index contributed by atoms with van der Waals surface area (Å²) in [6, 6.07) is 25.4. The Balaban J connectivity index is 1.24. The molecule has 2 aliphatic heterocycles. The van der Waals surface area contributed by atoms with E-state index in [1.807, 2.05) is 92.7 Å². The third kappa shape index (κ3) is 5.87. The lowest BCUT2D eigenvalue weighted by atomic mass is 9.85. The second-order valence-corrected chi connectivity index (χ2v) is 10.6. The predicted molar refractivity (Wildman–Crippen MR) is 155 cm³/mol. The number of rotatable bonds is 8. The number of nitrogens with zero attached hydrogens (tertiary/aromatic N) is 3. The van der Waals surface area contributed by atoms with Crippen molar-refractivity contribution in [2.24, 2.45) is 0 Å². The van der Waals surface area contributed by atoms with Gasteiger partial charge in [0.25, 0.3) is 5.91 Å². The SMILES string of the molecule is Cc1ccc(NC(=O)CN2CN(c3ccccc3)C3(CCN(C(=O)COCc4ccccc4)CC3)C2=O)cc1C. The molecule has 0 unspecified atom stereocenters. The van der Waals surface area contributed by atoms with Crippen LogP contribution < -0.4 is 10.2 Å². The van der Waals surface area contributed by atoms with Gasteiger partial charge >= 0.3 is 0 Å². The number of ether oxygens (including phenoxy) is 1. The summed E-state index contributed by atoms with van der Waals surface area (Å²) in [4.78, 5) is 45.3. The summed E-state index contributed by atoms with van der Waals surface area (Å²) in [5.74, 6) is -0.379. The molecule has 3 amide bonds. The van der Waals surface area contributed by atoms with Crippen molar-refractivity contribution in [3.63, 3.8) is 0 Å². The van der Waals surface area contributed by atoms with Crippen LogP contribution in [0.5, 0.6) is 0 Å². The number of benzene rings is 3. The molecule has 8 nitrogen and oxygen atoms in total. The summed E-state index contributed by atoms with van der Waals surface area (Å²) in [5.41, 5.74) is 4.11. The lowest BCUT2D eigenvalue weighted by molar-refractivity contribution is -0.142. The molecule has 208 valence electrons. The highest BCUT2D eigenvalue weighted by atomic mass is 16.5. The van der Waals surface area contributed by atoms with Crippen LogP contribution in [0.25, 0.3) is 0 Å². The third-order valence-electron chi connectivity index (χ3n) is 7.99. The number of aryl methyl sites for hydroxylation is 2. The van der Waals surface area contributed by atoms with Crippen LogP contribution in [0.3, 0.4) is 0 Å². The van der Waals surface area contributed by atoms with Gasteiger partial charge in [-0.05, 0) is 67.6 Å². The van der Waals surface area contributed by atoms with E-state index in [2.05, 4.69) is 10.2 Å². The van der Waals surface area contributed by atoms with E-state index in [1.165, 1.54) is 0 Å². The van der Waals surface area contributed by atoms with Gasteiger partial charge in [-0.2, -0.15) is 0 Å². The van der Waals surface area contributed by atoms with Crippen molar-refractivity contribution >= 4 is 29.1 Å². The van der Waals surface area contributed by atoms with Crippen molar-refractivity contribution in [2.75, 3.05) is 43.1 Å². The van der Waals surface area contributed by atoms with E-state index in [9.17, 15) is 14.4 Å². The molecule has 2 fully saturated rings. The molecular weight excluding hydrogens is 504 g/mol. The van der Waals surface area contributed by atoms with Crippen LogP contribution in [0.15, 0.2) is 78.9 Å². The van der Waals surface area contributed by atoms with Gasteiger partial charge in [-0.3, -0.25) is 14.4 Å². The summed E-state index contributed by atoms with van der Waals surface area (Å²) >= 11 is 0. The Hall–Kier alpha value is -4.17. The molecule has 3 aromatic carbocycles. The zero-order valence-electron chi connectivity index (χ0n) is 23.1. The molecule has 0 saturated carbocycles. The maximum absolute atomic E-state index is 13.9. The Labute approximate surface area is 235 Å². The van der Waals surface area contributed by atoms with Gasteiger partial charge in [0.1, 0.15) is 18.7 Å². The molecule has 0 radical (unpaired) electrons. The zero-order chi connectivity index (χ0) is 28.1. The van der Waals surface area contributed by atoms with Gasteiger partial charge in [0.05, 0.1) is 13.3 Å². The van der Waals surface area contributed by atoms with Crippen LogP contribution in [-0.2, 0) is 25.7 Å². The number of piperidine rings is 1. The van der Waals surface area contributed by atoms with Gasteiger partial charge in [0, 0.05) is 24.5 Å². The largest absolute Gasteiger partial charge is 0.367 e. The molecule has 0 atom stereocenters. The fraction of sp³-hybridized carbons (Fsp3) is 0.344. The Bertz CT molecular complexity index is 1350. The lowest BCUT2D eigenvalue weighted by Crippen LogP contribution is -2.57. The Morgan fingerprint density at radius 1 is 0.900 bits per heavy atom. The van der Waals surface area contributed by atoms with Crippen LogP contribution in [0.4, 0.5) is 11.4 Å². The van der Waals surface area contributed by atoms with Gasteiger partial charge in [0.15, 0.2) is 0 Å². The van der Waals surface area contributed by atoms with E-state index in [-0.39, 0.29) is 30.9 Å². The first-order chi connectivity index (χ1) is 19.4. The monoisotopic (exact) mass is 540 g/mol. The van der Waals surface area contributed by atoms with Gasteiger partial charge < -0.3 is 24.8 Å². The Morgan fingerprint density at radius 3 is 2.25 bits per heavy atom. The predicted octanol–water partition coefficient (Wildman–Crippen LogP) is 4.13. The smallest absolute Gasteiger partial charge is 0.250 e. The van der Waals surface area contributed by atoms with Gasteiger partial charge in [-0.1, -0.05) is 54.6 Å². The fourth-order valence-electron chi connectivity index (χ4n) is 5.56. The average molecular weight is 541 g/mol. The van der Waals surface area contributed by atoms with E-state index in [1.54, 1.807) is 9.80 Å². The van der Waals surface area contributed by atoms with Crippen molar-refractivity contribution in [1.82, 2.24) is 9.80 Å². The number of anilines is 2. The number of nitrogens with one attached hydrogen (secondary N) is 1. The van der Waals surface area contributed by atoms with E-state index >= 15 is 0 Å². The lowest BCUT2D eigenvalue weighted by Gasteiger charge is -2.43. The molecular formula is C32H36N4O4. The van der Waals surface area contributed by atoms with Crippen molar-refractivity contribution in [3.8, 4) is 0 Å². The molecule has 5 rings (SSSR count). The maximum atomic E-state index is 13.9. The quantitative estimate of drug-likeness (QED) is 0.465. The molecule has 8 heteroatoms. The highest BCUT2D eigenvalue weighted by Gasteiger charge is 2.54. The van der Waals surface area contributed by atoms with Crippen LogP contribution in [0.2, 0.25) is 0 Å². The molecule has 2 saturated heterocycles. The first-order valence-electron chi connectivity index (χ1n) is 13.7. The van der Waals surface area contributed by atoms with Crippen LogP contribution in [0, 0.1) is 13.8 Å². The highest BCUT2D eigenvalue weighted by Crippen LogP contribution is 2.39. The minimum absolute atomic E-state index is 0.00300. The molecule has 3 aromatic rings. The van der Waals surface area contributed by atoms with E-state index < -0.39 is 5.54 Å². The number of hydrogen-bond acceptors (Lipinski definition) is 5. The van der Waals surface area contributed by atoms with Crippen LogP contribution in [-0.4, -0.2) is 66.0 Å².